The van der Waals surface area contributed by atoms with Gasteiger partial charge in [0, 0.05) is 17.7 Å². The van der Waals surface area contributed by atoms with Crippen molar-refractivity contribution in [2.24, 2.45) is 0 Å². The molecule has 0 bridgehead atoms. The molecule has 0 saturated carbocycles. The van der Waals surface area contributed by atoms with E-state index < -0.39 is 0 Å². The molecule has 1 N–H and O–H groups in total. The van der Waals surface area contributed by atoms with Crippen LogP contribution in [0.15, 0.2) is 53.3 Å². The van der Waals surface area contributed by atoms with Gasteiger partial charge in [-0.05, 0) is 37.9 Å². The zero-order valence-electron chi connectivity index (χ0n) is 13.5. The van der Waals surface area contributed by atoms with Gasteiger partial charge in [-0.15, -0.1) is 0 Å². The van der Waals surface area contributed by atoms with E-state index >= 15 is 0 Å². The van der Waals surface area contributed by atoms with Gasteiger partial charge in [-0.1, -0.05) is 29.4 Å². The lowest BCUT2D eigenvalue weighted by Crippen LogP contribution is -2.10. The summed E-state index contributed by atoms with van der Waals surface area (Å²) in [6.07, 6.45) is 1.67. The number of nitrogens with zero attached hydrogens (tertiary/aromatic N) is 4. The van der Waals surface area contributed by atoms with Crippen LogP contribution in [0.3, 0.4) is 0 Å². The van der Waals surface area contributed by atoms with E-state index in [9.17, 15) is 0 Å². The Morgan fingerprint density at radius 3 is 2.62 bits per heavy atom. The van der Waals surface area contributed by atoms with Gasteiger partial charge in [-0.25, -0.2) is 4.98 Å². The highest BCUT2D eigenvalue weighted by molar-refractivity contribution is 5.79. The molecule has 0 unspecified atom stereocenters. The van der Waals surface area contributed by atoms with Gasteiger partial charge in [-0.2, -0.15) is 4.98 Å². The van der Waals surface area contributed by atoms with Crippen molar-refractivity contribution in [3.8, 4) is 22.8 Å². The summed E-state index contributed by atoms with van der Waals surface area (Å²) >= 11 is 0. The van der Waals surface area contributed by atoms with E-state index in [1.54, 1.807) is 6.33 Å². The Hall–Kier alpha value is -2.99. The molecule has 2 aromatic heterocycles. The predicted octanol–water partition coefficient (Wildman–Crippen LogP) is 3.34. The van der Waals surface area contributed by atoms with Crippen molar-refractivity contribution in [3.05, 3.63) is 54.4 Å². The molecule has 0 spiro atoms. The molecule has 0 aliphatic carbocycles. The Morgan fingerprint density at radius 1 is 1.04 bits per heavy atom. The quantitative estimate of drug-likeness (QED) is 0.624. The standard InChI is InChI=1S/C18H17N5O/c1-23(2)10-12-3-5-13(6-4-12)17-21-18(24-22-17)14-7-8-15-16(9-14)20-11-19-15/h3-9,11H,10H2,1-2H3,(H,19,20). The van der Waals surface area contributed by atoms with Gasteiger partial charge in [0.05, 0.1) is 17.4 Å². The van der Waals surface area contributed by atoms with Crippen LogP contribution < -0.4 is 0 Å². The first-order valence-corrected chi connectivity index (χ1v) is 7.70. The number of imidazole rings is 1. The van der Waals surface area contributed by atoms with E-state index in [2.05, 4.69) is 51.2 Å². The lowest BCUT2D eigenvalue weighted by Gasteiger charge is -2.09. The van der Waals surface area contributed by atoms with Crippen molar-refractivity contribution in [1.29, 1.82) is 0 Å². The van der Waals surface area contributed by atoms with Gasteiger partial charge in [0.1, 0.15) is 0 Å². The maximum Gasteiger partial charge on any atom is 0.258 e. The summed E-state index contributed by atoms with van der Waals surface area (Å²) in [5, 5.41) is 4.10. The van der Waals surface area contributed by atoms with E-state index in [1.807, 2.05) is 30.3 Å². The summed E-state index contributed by atoms with van der Waals surface area (Å²) in [6, 6.07) is 14.0. The molecule has 0 radical (unpaired) electrons. The number of fused-ring (bicyclic) bond motifs is 1. The third-order valence-electron chi connectivity index (χ3n) is 3.80. The molecular weight excluding hydrogens is 302 g/mol. The monoisotopic (exact) mass is 319 g/mol. The molecule has 0 saturated heterocycles. The number of nitrogens with one attached hydrogen (secondary N) is 1. The van der Waals surface area contributed by atoms with E-state index in [0.29, 0.717) is 11.7 Å². The van der Waals surface area contributed by atoms with Crippen molar-refractivity contribution in [2.75, 3.05) is 14.1 Å². The first-order chi connectivity index (χ1) is 11.7. The second-order valence-corrected chi connectivity index (χ2v) is 5.99. The fraction of sp³-hybridized carbons (Fsp3) is 0.167. The largest absolute Gasteiger partial charge is 0.345 e. The molecule has 6 nitrogen and oxygen atoms in total. The SMILES string of the molecule is CN(C)Cc1ccc(-c2noc(-c3ccc4nc[nH]c4c3)n2)cc1. The lowest BCUT2D eigenvalue weighted by molar-refractivity contribution is 0.402. The predicted molar refractivity (Wildman–Crippen MR) is 92.2 cm³/mol. The Balaban J connectivity index is 1.62. The van der Waals surface area contributed by atoms with Crippen molar-refractivity contribution in [2.45, 2.75) is 6.54 Å². The van der Waals surface area contributed by atoms with Crippen LogP contribution in [0.2, 0.25) is 0 Å². The molecule has 2 heterocycles. The molecule has 120 valence electrons. The Kier molecular flexibility index (Phi) is 3.59. The Morgan fingerprint density at radius 2 is 1.83 bits per heavy atom. The summed E-state index contributed by atoms with van der Waals surface area (Å²) in [4.78, 5) is 13.9. The molecule has 4 aromatic rings. The molecule has 0 fully saturated rings. The average molecular weight is 319 g/mol. The fourth-order valence-corrected chi connectivity index (χ4v) is 2.65. The molecule has 0 aliphatic rings. The number of aromatic nitrogens is 4. The molecule has 0 atom stereocenters. The minimum atomic E-state index is 0.499. The summed E-state index contributed by atoms with van der Waals surface area (Å²) < 4.78 is 5.42. The molecule has 4 rings (SSSR count). The van der Waals surface area contributed by atoms with E-state index in [4.69, 9.17) is 4.52 Å². The Labute approximate surface area is 139 Å². The topological polar surface area (TPSA) is 70.8 Å². The number of H-pyrrole nitrogens is 1. The highest BCUT2D eigenvalue weighted by atomic mass is 16.5. The first kappa shape index (κ1) is 14.6. The van der Waals surface area contributed by atoms with Crippen molar-refractivity contribution in [3.63, 3.8) is 0 Å². The van der Waals surface area contributed by atoms with E-state index in [-0.39, 0.29) is 0 Å². The number of rotatable bonds is 4. The molecular formula is C18H17N5O. The van der Waals surface area contributed by atoms with Gasteiger partial charge in [0.15, 0.2) is 0 Å². The zero-order valence-corrected chi connectivity index (χ0v) is 13.5. The van der Waals surface area contributed by atoms with Crippen LogP contribution in [0.1, 0.15) is 5.56 Å². The molecule has 0 amide bonds. The number of aromatic amines is 1. The minimum Gasteiger partial charge on any atom is -0.345 e. The van der Waals surface area contributed by atoms with Crippen LogP contribution in [-0.4, -0.2) is 39.1 Å². The molecule has 2 aromatic carbocycles. The lowest BCUT2D eigenvalue weighted by atomic mass is 10.1. The van der Waals surface area contributed by atoms with Crippen LogP contribution in [0.25, 0.3) is 33.9 Å². The second kappa shape index (κ2) is 5.90. The molecule has 6 heteroatoms. The number of hydrogen-bond acceptors (Lipinski definition) is 5. The van der Waals surface area contributed by atoms with Gasteiger partial charge in [-0.3, -0.25) is 0 Å². The van der Waals surface area contributed by atoms with Crippen LogP contribution in [-0.2, 0) is 6.54 Å². The van der Waals surface area contributed by atoms with Gasteiger partial charge in [0.2, 0.25) is 5.82 Å². The highest BCUT2D eigenvalue weighted by Gasteiger charge is 2.11. The summed E-state index contributed by atoms with van der Waals surface area (Å²) in [5.74, 6) is 1.09. The third kappa shape index (κ3) is 2.79. The maximum atomic E-state index is 5.42. The molecule has 24 heavy (non-hydrogen) atoms. The summed E-state index contributed by atoms with van der Waals surface area (Å²) in [7, 11) is 4.10. The highest BCUT2D eigenvalue weighted by Crippen LogP contribution is 2.24. The first-order valence-electron chi connectivity index (χ1n) is 7.70. The normalized spacial score (nSPS) is 11.5. The van der Waals surface area contributed by atoms with Gasteiger partial charge >= 0.3 is 0 Å². The van der Waals surface area contributed by atoms with Crippen molar-refractivity contribution >= 4 is 11.0 Å². The zero-order chi connectivity index (χ0) is 16.5. The summed E-state index contributed by atoms with van der Waals surface area (Å²) in [5.41, 5.74) is 4.91. The second-order valence-electron chi connectivity index (χ2n) is 5.99. The third-order valence-corrected chi connectivity index (χ3v) is 3.80. The van der Waals surface area contributed by atoms with Crippen LogP contribution in [0, 0.1) is 0 Å². The summed E-state index contributed by atoms with van der Waals surface area (Å²) in [6.45, 7) is 0.905. The van der Waals surface area contributed by atoms with E-state index in [1.165, 1.54) is 5.56 Å². The smallest absolute Gasteiger partial charge is 0.258 e. The Bertz CT molecular complexity index is 968. The minimum absolute atomic E-state index is 0.499. The van der Waals surface area contributed by atoms with Gasteiger partial charge in [0.25, 0.3) is 5.89 Å². The van der Waals surface area contributed by atoms with E-state index in [0.717, 1.165) is 28.7 Å². The van der Waals surface area contributed by atoms with Crippen LogP contribution >= 0.6 is 0 Å². The average Bonchev–Trinajstić information content (AvgIpc) is 3.23. The molecule has 0 aliphatic heterocycles. The van der Waals surface area contributed by atoms with Gasteiger partial charge < -0.3 is 14.4 Å². The van der Waals surface area contributed by atoms with Crippen molar-refractivity contribution in [1.82, 2.24) is 25.0 Å². The van der Waals surface area contributed by atoms with Crippen molar-refractivity contribution < 1.29 is 4.52 Å². The number of benzene rings is 2. The number of hydrogen-bond donors (Lipinski definition) is 1. The fourth-order valence-electron chi connectivity index (χ4n) is 2.65. The van der Waals surface area contributed by atoms with Crippen LogP contribution in [0.5, 0.6) is 0 Å². The van der Waals surface area contributed by atoms with Crippen LogP contribution in [0.4, 0.5) is 0 Å². The maximum absolute atomic E-state index is 5.42.